The van der Waals surface area contributed by atoms with Crippen molar-refractivity contribution in [2.24, 2.45) is 5.92 Å². The molecule has 1 aliphatic rings. The van der Waals surface area contributed by atoms with E-state index in [4.69, 9.17) is 9.52 Å². The molecule has 1 amide bonds. The maximum absolute atomic E-state index is 12.7. The largest absolute Gasteiger partial charge is 0.481 e. The van der Waals surface area contributed by atoms with E-state index < -0.39 is 11.9 Å². The minimum absolute atomic E-state index is 0.0433. The number of hydrogen-bond acceptors (Lipinski definition) is 3. The minimum Gasteiger partial charge on any atom is -0.481 e. The van der Waals surface area contributed by atoms with Gasteiger partial charge >= 0.3 is 5.97 Å². The first-order valence-electron chi connectivity index (χ1n) is 7.08. The summed E-state index contributed by atoms with van der Waals surface area (Å²) in [5, 5.41) is 9.94. The van der Waals surface area contributed by atoms with Crippen LogP contribution in [0.25, 0.3) is 11.0 Å². The van der Waals surface area contributed by atoms with Gasteiger partial charge in [0.1, 0.15) is 11.8 Å². The molecule has 21 heavy (non-hydrogen) atoms. The molecule has 5 nitrogen and oxygen atoms in total. The number of likely N-dealkylation sites (tertiary alicyclic amines) is 1. The Labute approximate surface area is 122 Å². The Balaban J connectivity index is 1.91. The van der Waals surface area contributed by atoms with Crippen molar-refractivity contribution in [1.29, 1.82) is 0 Å². The second-order valence-electron chi connectivity index (χ2n) is 5.56. The van der Waals surface area contributed by atoms with Crippen LogP contribution < -0.4 is 0 Å². The molecule has 0 saturated carbocycles. The lowest BCUT2D eigenvalue weighted by molar-refractivity contribution is -0.143. The highest BCUT2D eigenvalue weighted by Gasteiger charge is 2.33. The molecule has 3 rings (SSSR count). The van der Waals surface area contributed by atoms with E-state index >= 15 is 0 Å². The van der Waals surface area contributed by atoms with E-state index in [1.54, 1.807) is 4.90 Å². The Hall–Kier alpha value is -2.30. The van der Waals surface area contributed by atoms with Crippen LogP contribution in [0.1, 0.15) is 30.1 Å². The molecule has 1 aromatic carbocycles. The zero-order valence-electron chi connectivity index (χ0n) is 11.8. The first-order valence-corrected chi connectivity index (χ1v) is 7.08. The molecule has 0 aliphatic carbocycles. The van der Waals surface area contributed by atoms with Gasteiger partial charge in [-0.1, -0.05) is 18.2 Å². The molecule has 110 valence electrons. The van der Waals surface area contributed by atoms with E-state index in [2.05, 4.69) is 0 Å². The molecule has 2 heterocycles. The van der Waals surface area contributed by atoms with Gasteiger partial charge in [0.25, 0.3) is 5.91 Å². The van der Waals surface area contributed by atoms with Crippen molar-refractivity contribution in [1.82, 2.24) is 4.90 Å². The Bertz CT molecular complexity index is 690. The predicted molar refractivity (Wildman–Crippen MR) is 77.1 cm³/mol. The number of carboxylic acids is 1. The Morgan fingerprint density at radius 3 is 2.81 bits per heavy atom. The fourth-order valence-electron chi connectivity index (χ4n) is 2.89. The number of fused-ring (bicyclic) bond motifs is 1. The molecule has 5 heteroatoms. The Morgan fingerprint density at radius 2 is 2.05 bits per heavy atom. The summed E-state index contributed by atoms with van der Waals surface area (Å²) in [6.45, 7) is 2.22. The van der Waals surface area contributed by atoms with Gasteiger partial charge < -0.3 is 14.4 Å². The monoisotopic (exact) mass is 287 g/mol. The summed E-state index contributed by atoms with van der Waals surface area (Å²) in [7, 11) is 0. The third-order valence-electron chi connectivity index (χ3n) is 4.20. The van der Waals surface area contributed by atoms with Crippen molar-refractivity contribution in [3.05, 3.63) is 36.1 Å². The van der Waals surface area contributed by atoms with E-state index in [0.29, 0.717) is 24.0 Å². The van der Waals surface area contributed by atoms with Crippen LogP contribution in [0.3, 0.4) is 0 Å². The molecule has 1 fully saturated rings. The summed E-state index contributed by atoms with van der Waals surface area (Å²) < 4.78 is 5.41. The first-order chi connectivity index (χ1) is 10.1. The highest BCUT2D eigenvalue weighted by Crippen LogP contribution is 2.27. The van der Waals surface area contributed by atoms with Crippen molar-refractivity contribution in [3.8, 4) is 0 Å². The average Bonchev–Trinajstić information content (AvgIpc) is 2.90. The zero-order chi connectivity index (χ0) is 15.0. The van der Waals surface area contributed by atoms with Crippen LogP contribution in [0.5, 0.6) is 0 Å². The third kappa shape index (κ3) is 2.39. The maximum atomic E-state index is 12.7. The molecule has 0 spiro atoms. The molecule has 1 N–H and O–H groups in total. The number of carbonyl (C=O) groups is 2. The van der Waals surface area contributed by atoms with Crippen molar-refractivity contribution >= 4 is 22.8 Å². The molecular weight excluding hydrogens is 270 g/mol. The van der Waals surface area contributed by atoms with Gasteiger partial charge in [0.2, 0.25) is 0 Å². The second kappa shape index (κ2) is 5.24. The molecule has 1 aliphatic heterocycles. The maximum Gasteiger partial charge on any atom is 0.308 e. The normalized spacial score (nSPS) is 22.4. The van der Waals surface area contributed by atoms with Crippen LogP contribution in [-0.2, 0) is 4.79 Å². The van der Waals surface area contributed by atoms with Crippen LogP contribution in [0, 0.1) is 5.92 Å². The highest BCUT2D eigenvalue weighted by molar-refractivity contribution is 6.06. The lowest BCUT2D eigenvalue weighted by Gasteiger charge is -2.36. The van der Waals surface area contributed by atoms with Gasteiger partial charge in [-0.15, -0.1) is 0 Å². The quantitative estimate of drug-likeness (QED) is 0.922. The van der Waals surface area contributed by atoms with E-state index in [0.717, 1.165) is 5.39 Å². The number of carbonyl (C=O) groups excluding carboxylic acids is 1. The summed E-state index contributed by atoms with van der Waals surface area (Å²) in [6.07, 6.45) is 2.79. The lowest BCUT2D eigenvalue weighted by Crippen LogP contribution is -2.47. The standard InChI is InChI=1S/C16H17NO4/c1-10-6-7-11(16(19)20)8-17(10)15(18)13-9-21-14-5-3-2-4-12(13)14/h2-5,9-11H,6-8H2,1H3,(H,19,20). The van der Waals surface area contributed by atoms with Gasteiger partial charge in [-0.2, -0.15) is 0 Å². The fraction of sp³-hybridized carbons (Fsp3) is 0.375. The highest BCUT2D eigenvalue weighted by atomic mass is 16.4. The number of para-hydroxylation sites is 1. The molecule has 1 saturated heterocycles. The predicted octanol–water partition coefficient (Wildman–Crippen LogP) is 2.76. The van der Waals surface area contributed by atoms with E-state index in [1.807, 2.05) is 31.2 Å². The topological polar surface area (TPSA) is 70.8 Å². The van der Waals surface area contributed by atoms with Crippen LogP contribution in [-0.4, -0.2) is 34.5 Å². The number of amides is 1. The number of rotatable bonds is 2. The number of piperidine rings is 1. The van der Waals surface area contributed by atoms with Crippen molar-refractivity contribution < 1.29 is 19.1 Å². The van der Waals surface area contributed by atoms with E-state index in [1.165, 1.54) is 6.26 Å². The summed E-state index contributed by atoms with van der Waals surface area (Å²) in [5.74, 6) is -1.47. The van der Waals surface area contributed by atoms with Gasteiger partial charge in [-0.05, 0) is 25.8 Å². The van der Waals surface area contributed by atoms with Crippen molar-refractivity contribution in [2.75, 3.05) is 6.54 Å². The van der Waals surface area contributed by atoms with Crippen LogP contribution in [0.2, 0.25) is 0 Å². The van der Waals surface area contributed by atoms with Crippen molar-refractivity contribution in [2.45, 2.75) is 25.8 Å². The first kappa shape index (κ1) is 13.7. The molecule has 2 unspecified atom stereocenters. The molecule has 2 atom stereocenters. The summed E-state index contributed by atoms with van der Waals surface area (Å²) in [4.78, 5) is 25.6. The summed E-state index contributed by atoms with van der Waals surface area (Å²) >= 11 is 0. The number of nitrogens with zero attached hydrogens (tertiary/aromatic N) is 1. The van der Waals surface area contributed by atoms with Gasteiger partial charge in [0.05, 0.1) is 11.5 Å². The number of benzene rings is 1. The molecular formula is C16H17NO4. The van der Waals surface area contributed by atoms with Crippen LogP contribution >= 0.6 is 0 Å². The van der Waals surface area contributed by atoms with Crippen LogP contribution in [0.15, 0.2) is 34.9 Å². The third-order valence-corrected chi connectivity index (χ3v) is 4.20. The number of furan rings is 1. The minimum atomic E-state index is -0.836. The number of carboxylic acid groups (broad SMARTS) is 1. The second-order valence-corrected chi connectivity index (χ2v) is 5.56. The van der Waals surface area contributed by atoms with E-state index in [9.17, 15) is 9.59 Å². The van der Waals surface area contributed by atoms with Gasteiger partial charge in [0, 0.05) is 18.0 Å². The number of aliphatic carboxylic acids is 1. The molecule has 0 radical (unpaired) electrons. The Morgan fingerprint density at radius 1 is 1.29 bits per heavy atom. The Kier molecular flexibility index (Phi) is 3.41. The summed E-state index contributed by atoms with van der Waals surface area (Å²) in [6, 6.07) is 7.40. The lowest BCUT2D eigenvalue weighted by atomic mass is 9.93. The molecule has 2 aromatic rings. The average molecular weight is 287 g/mol. The number of hydrogen-bond donors (Lipinski definition) is 1. The molecule has 1 aromatic heterocycles. The van der Waals surface area contributed by atoms with Crippen LogP contribution in [0.4, 0.5) is 0 Å². The van der Waals surface area contributed by atoms with E-state index in [-0.39, 0.29) is 18.5 Å². The van der Waals surface area contributed by atoms with Gasteiger partial charge in [0.15, 0.2) is 0 Å². The smallest absolute Gasteiger partial charge is 0.308 e. The fourth-order valence-corrected chi connectivity index (χ4v) is 2.89. The summed E-state index contributed by atoms with van der Waals surface area (Å²) in [5.41, 5.74) is 1.17. The van der Waals surface area contributed by atoms with Gasteiger partial charge in [-0.3, -0.25) is 9.59 Å². The van der Waals surface area contributed by atoms with Crippen molar-refractivity contribution in [3.63, 3.8) is 0 Å². The van der Waals surface area contributed by atoms with Gasteiger partial charge in [-0.25, -0.2) is 0 Å². The SMILES string of the molecule is CC1CCC(C(=O)O)CN1C(=O)c1coc2ccccc12. The zero-order valence-corrected chi connectivity index (χ0v) is 11.8. The molecule has 0 bridgehead atoms.